The van der Waals surface area contributed by atoms with Gasteiger partial charge in [-0.15, -0.1) is 11.3 Å². The van der Waals surface area contributed by atoms with Crippen molar-refractivity contribution in [1.82, 2.24) is 0 Å². The molecule has 0 saturated heterocycles. The summed E-state index contributed by atoms with van der Waals surface area (Å²) < 4.78 is 51.8. The third kappa shape index (κ3) is 3.66. The van der Waals surface area contributed by atoms with Gasteiger partial charge >= 0.3 is 0 Å². The van der Waals surface area contributed by atoms with E-state index >= 15 is 0 Å². The minimum absolute atomic E-state index is 0.00563. The van der Waals surface area contributed by atoms with Crippen molar-refractivity contribution in [2.45, 2.75) is 16.0 Å². The van der Waals surface area contributed by atoms with E-state index in [1.54, 1.807) is 12.1 Å². The van der Waals surface area contributed by atoms with Crippen molar-refractivity contribution in [3.63, 3.8) is 0 Å². The molecule has 1 aromatic heterocycles. The average molecular weight is 393 g/mol. The van der Waals surface area contributed by atoms with E-state index in [0.717, 1.165) is 29.0 Å². The molecule has 0 unspecified atom stereocenters. The second-order valence-corrected chi connectivity index (χ2v) is 8.77. The molecule has 0 aliphatic carbocycles. The quantitative estimate of drug-likeness (QED) is 0.714. The zero-order valence-electron chi connectivity index (χ0n) is 13.5. The summed E-state index contributed by atoms with van der Waals surface area (Å²) in [6.07, 6.45) is 0. The zero-order chi connectivity index (χ0) is 18.9. The van der Waals surface area contributed by atoms with Crippen LogP contribution in [0.15, 0.2) is 63.7 Å². The normalized spacial score (nSPS) is 11.3. The molecule has 0 radical (unpaired) electrons. The lowest BCUT2D eigenvalue weighted by Crippen LogP contribution is -2.11. The lowest BCUT2D eigenvalue weighted by molar-refractivity contribution is 0.103. The van der Waals surface area contributed by atoms with E-state index in [9.17, 15) is 22.0 Å². The number of benzene rings is 2. The highest BCUT2D eigenvalue weighted by molar-refractivity contribution is 7.93. The number of carbonyl (C=O) groups is 1. The predicted molar refractivity (Wildman–Crippen MR) is 95.3 cm³/mol. The summed E-state index contributed by atoms with van der Waals surface area (Å²) in [5.41, 5.74) is 0.740. The molecular weight excluding hydrogens is 380 g/mol. The van der Waals surface area contributed by atoms with Crippen LogP contribution >= 0.6 is 11.3 Å². The molecule has 2 aromatic carbocycles. The van der Waals surface area contributed by atoms with Crippen LogP contribution in [0.25, 0.3) is 0 Å². The molecule has 3 rings (SSSR count). The molecule has 1 heterocycles. The van der Waals surface area contributed by atoms with E-state index in [0.29, 0.717) is 6.07 Å². The standard InChI is InChI=1S/C18H13F2NO3S2/c1-11-2-5-13(6-3-11)26(23,24)17-9-8-16(25-17)18(22)21-15-7-4-12(19)10-14(15)20/h2-10H,1H3,(H,21,22). The van der Waals surface area contributed by atoms with E-state index < -0.39 is 27.4 Å². The number of thiophene rings is 1. The van der Waals surface area contributed by atoms with Gasteiger partial charge in [-0.1, -0.05) is 17.7 Å². The minimum atomic E-state index is -3.74. The van der Waals surface area contributed by atoms with Crippen molar-refractivity contribution in [3.8, 4) is 0 Å². The van der Waals surface area contributed by atoms with Crippen molar-refractivity contribution in [1.29, 1.82) is 0 Å². The van der Waals surface area contributed by atoms with Gasteiger partial charge in [0.1, 0.15) is 15.8 Å². The molecule has 0 atom stereocenters. The Morgan fingerprint density at radius 1 is 1.00 bits per heavy atom. The van der Waals surface area contributed by atoms with Crippen molar-refractivity contribution in [2.75, 3.05) is 5.32 Å². The summed E-state index contributed by atoms with van der Waals surface area (Å²) in [5.74, 6) is -2.35. The highest BCUT2D eigenvalue weighted by Crippen LogP contribution is 2.28. The number of carbonyl (C=O) groups excluding carboxylic acids is 1. The number of rotatable bonds is 4. The number of nitrogens with one attached hydrogen (secondary N) is 1. The number of amides is 1. The van der Waals surface area contributed by atoms with Gasteiger partial charge in [0.25, 0.3) is 5.91 Å². The van der Waals surface area contributed by atoms with Gasteiger partial charge in [0.15, 0.2) is 0 Å². The van der Waals surface area contributed by atoms with Crippen LogP contribution in [0, 0.1) is 18.6 Å². The fourth-order valence-corrected chi connectivity index (χ4v) is 4.80. The Morgan fingerprint density at radius 3 is 2.35 bits per heavy atom. The first-order valence-corrected chi connectivity index (χ1v) is 9.75. The van der Waals surface area contributed by atoms with E-state index in [1.165, 1.54) is 24.3 Å². The summed E-state index contributed by atoms with van der Waals surface area (Å²) in [6, 6.07) is 11.8. The summed E-state index contributed by atoms with van der Waals surface area (Å²) in [6.45, 7) is 1.85. The maximum Gasteiger partial charge on any atom is 0.265 e. The Kier molecular flexibility index (Phi) is 4.88. The number of hydrogen-bond acceptors (Lipinski definition) is 4. The highest BCUT2D eigenvalue weighted by atomic mass is 32.2. The molecule has 1 amide bonds. The Morgan fingerprint density at radius 2 is 1.69 bits per heavy atom. The van der Waals surface area contributed by atoms with Crippen LogP contribution in [0.4, 0.5) is 14.5 Å². The van der Waals surface area contributed by atoms with Gasteiger partial charge in [-0.3, -0.25) is 4.79 Å². The van der Waals surface area contributed by atoms with Gasteiger partial charge in [0, 0.05) is 6.07 Å². The SMILES string of the molecule is Cc1ccc(S(=O)(=O)c2ccc(C(=O)Nc3ccc(F)cc3F)s2)cc1. The maximum absolute atomic E-state index is 13.6. The summed E-state index contributed by atoms with van der Waals surface area (Å²) in [4.78, 5) is 12.4. The van der Waals surface area contributed by atoms with Crippen LogP contribution in [-0.4, -0.2) is 14.3 Å². The number of anilines is 1. The lowest BCUT2D eigenvalue weighted by atomic mass is 10.2. The second-order valence-electron chi connectivity index (χ2n) is 5.51. The average Bonchev–Trinajstić information content (AvgIpc) is 3.09. The molecule has 134 valence electrons. The number of aryl methyl sites for hydroxylation is 1. The first-order valence-electron chi connectivity index (χ1n) is 7.45. The first kappa shape index (κ1) is 18.2. The summed E-state index contributed by atoms with van der Waals surface area (Å²) >= 11 is 0.779. The highest BCUT2D eigenvalue weighted by Gasteiger charge is 2.22. The monoisotopic (exact) mass is 393 g/mol. The molecule has 4 nitrogen and oxygen atoms in total. The van der Waals surface area contributed by atoms with Crippen molar-refractivity contribution < 1.29 is 22.0 Å². The van der Waals surface area contributed by atoms with Crippen molar-refractivity contribution in [3.05, 3.63) is 76.7 Å². The van der Waals surface area contributed by atoms with Crippen LogP contribution in [-0.2, 0) is 9.84 Å². The third-order valence-corrected chi connectivity index (χ3v) is 6.93. The largest absolute Gasteiger partial charge is 0.319 e. The first-order chi connectivity index (χ1) is 12.3. The molecule has 3 aromatic rings. The van der Waals surface area contributed by atoms with Crippen LogP contribution in [0.5, 0.6) is 0 Å². The van der Waals surface area contributed by atoms with E-state index in [2.05, 4.69) is 5.32 Å². The molecule has 1 N–H and O–H groups in total. The molecule has 0 bridgehead atoms. The Balaban J connectivity index is 1.85. The second kappa shape index (κ2) is 6.97. The van der Waals surface area contributed by atoms with Gasteiger partial charge in [-0.25, -0.2) is 17.2 Å². The van der Waals surface area contributed by atoms with Gasteiger partial charge in [0.05, 0.1) is 15.5 Å². The molecule has 8 heteroatoms. The maximum atomic E-state index is 13.6. The Labute approximate surface area is 153 Å². The van der Waals surface area contributed by atoms with E-state index in [4.69, 9.17) is 0 Å². The van der Waals surface area contributed by atoms with Gasteiger partial charge in [0.2, 0.25) is 9.84 Å². The molecular formula is C18H13F2NO3S2. The zero-order valence-corrected chi connectivity index (χ0v) is 15.1. The molecule has 0 aliphatic rings. The lowest BCUT2D eigenvalue weighted by Gasteiger charge is -2.05. The van der Waals surface area contributed by atoms with Gasteiger partial charge < -0.3 is 5.32 Å². The minimum Gasteiger partial charge on any atom is -0.319 e. The van der Waals surface area contributed by atoms with Crippen LogP contribution in [0.3, 0.4) is 0 Å². The van der Waals surface area contributed by atoms with Gasteiger partial charge in [-0.2, -0.15) is 0 Å². The number of halogens is 2. The van der Waals surface area contributed by atoms with Crippen LogP contribution < -0.4 is 5.32 Å². The van der Waals surface area contributed by atoms with E-state index in [1.807, 2.05) is 6.92 Å². The molecule has 0 fully saturated rings. The van der Waals surface area contributed by atoms with Crippen molar-refractivity contribution in [2.24, 2.45) is 0 Å². The molecule has 0 spiro atoms. The van der Waals surface area contributed by atoms with Crippen LogP contribution in [0.1, 0.15) is 15.2 Å². The molecule has 26 heavy (non-hydrogen) atoms. The third-order valence-electron chi connectivity index (χ3n) is 3.58. The Bertz CT molecular complexity index is 1070. The topological polar surface area (TPSA) is 63.2 Å². The number of sulfone groups is 1. The number of hydrogen-bond donors (Lipinski definition) is 1. The fourth-order valence-electron chi connectivity index (χ4n) is 2.19. The van der Waals surface area contributed by atoms with Gasteiger partial charge in [-0.05, 0) is 43.3 Å². The smallest absolute Gasteiger partial charge is 0.265 e. The summed E-state index contributed by atoms with van der Waals surface area (Å²) in [5, 5.41) is 2.30. The van der Waals surface area contributed by atoms with Crippen LogP contribution in [0.2, 0.25) is 0 Å². The predicted octanol–water partition coefficient (Wildman–Crippen LogP) is 4.42. The summed E-state index contributed by atoms with van der Waals surface area (Å²) in [7, 11) is -3.74. The molecule has 0 saturated carbocycles. The molecule has 0 aliphatic heterocycles. The van der Waals surface area contributed by atoms with E-state index in [-0.39, 0.29) is 19.7 Å². The van der Waals surface area contributed by atoms with Crippen molar-refractivity contribution >= 4 is 32.8 Å². The fraction of sp³-hybridized carbons (Fsp3) is 0.0556. The Hall–Kier alpha value is -2.58.